The Morgan fingerprint density at radius 1 is 1.15 bits per heavy atom. The molecule has 0 atom stereocenters. The van der Waals surface area contributed by atoms with Crippen LogP contribution in [0.15, 0.2) is 42.6 Å². The first-order valence-corrected chi connectivity index (χ1v) is 5.71. The van der Waals surface area contributed by atoms with Crippen molar-refractivity contribution in [3.63, 3.8) is 0 Å². The quantitative estimate of drug-likeness (QED) is 0.872. The van der Waals surface area contributed by atoms with Crippen molar-refractivity contribution < 1.29 is 18.7 Å². The summed E-state index contributed by atoms with van der Waals surface area (Å²) in [6.07, 6.45) is 1.26. The van der Waals surface area contributed by atoms with Crippen molar-refractivity contribution in [2.24, 2.45) is 0 Å². The van der Waals surface area contributed by atoms with Crippen molar-refractivity contribution in [1.82, 2.24) is 4.98 Å². The average Bonchev–Trinajstić information content (AvgIpc) is 2.49. The van der Waals surface area contributed by atoms with Crippen LogP contribution in [0.3, 0.4) is 0 Å². The maximum absolute atomic E-state index is 12.7. The van der Waals surface area contributed by atoms with E-state index in [0.717, 1.165) is 0 Å². The van der Waals surface area contributed by atoms with E-state index in [1.165, 1.54) is 49.7 Å². The van der Waals surface area contributed by atoms with Gasteiger partial charge in [0.15, 0.2) is 0 Å². The summed E-state index contributed by atoms with van der Waals surface area (Å²) < 4.78 is 17.3. The standard InChI is InChI=1S/C14H11FN2O3/c1-20-14(19)9-2-7-12(16-8-9)13(18)17-11-5-3-10(15)4-6-11/h2-8H,1H3,(H,17,18). The van der Waals surface area contributed by atoms with Gasteiger partial charge in [0.1, 0.15) is 11.5 Å². The van der Waals surface area contributed by atoms with Gasteiger partial charge in [-0.15, -0.1) is 0 Å². The Morgan fingerprint density at radius 3 is 2.40 bits per heavy atom. The topological polar surface area (TPSA) is 68.3 Å². The summed E-state index contributed by atoms with van der Waals surface area (Å²) in [5, 5.41) is 2.56. The highest BCUT2D eigenvalue weighted by atomic mass is 19.1. The molecule has 20 heavy (non-hydrogen) atoms. The number of methoxy groups -OCH3 is 1. The number of aromatic nitrogens is 1. The number of rotatable bonds is 3. The molecule has 0 aliphatic carbocycles. The van der Waals surface area contributed by atoms with Gasteiger partial charge in [0.2, 0.25) is 0 Å². The fourth-order valence-electron chi connectivity index (χ4n) is 1.50. The highest BCUT2D eigenvalue weighted by molar-refractivity contribution is 6.03. The number of carbonyl (C=O) groups is 2. The molecule has 0 radical (unpaired) electrons. The molecule has 0 saturated heterocycles. The number of amides is 1. The minimum absolute atomic E-state index is 0.141. The second-order valence-corrected chi connectivity index (χ2v) is 3.88. The highest BCUT2D eigenvalue weighted by Crippen LogP contribution is 2.10. The molecule has 2 aromatic rings. The summed E-state index contributed by atoms with van der Waals surface area (Å²) in [5.41, 5.74) is 0.850. The number of nitrogens with zero attached hydrogens (tertiary/aromatic N) is 1. The molecule has 0 unspecified atom stereocenters. The number of halogens is 1. The Balaban J connectivity index is 2.09. The van der Waals surface area contributed by atoms with Crippen LogP contribution in [-0.2, 0) is 4.74 Å². The number of carbonyl (C=O) groups excluding carboxylic acids is 2. The summed E-state index contributed by atoms with van der Waals surface area (Å²) in [4.78, 5) is 27.0. The summed E-state index contributed by atoms with van der Waals surface area (Å²) in [5.74, 6) is -1.36. The largest absolute Gasteiger partial charge is 0.465 e. The van der Waals surface area contributed by atoms with Gasteiger partial charge in [0.25, 0.3) is 5.91 Å². The first kappa shape index (κ1) is 13.7. The van der Waals surface area contributed by atoms with Gasteiger partial charge in [-0.1, -0.05) is 0 Å². The van der Waals surface area contributed by atoms with Gasteiger partial charge in [0, 0.05) is 11.9 Å². The Bertz CT molecular complexity index is 624. The van der Waals surface area contributed by atoms with Crippen LogP contribution in [0.4, 0.5) is 10.1 Å². The molecule has 0 saturated carbocycles. The SMILES string of the molecule is COC(=O)c1ccc(C(=O)Nc2ccc(F)cc2)nc1. The molecular formula is C14H11FN2O3. The van der Waals surface area contributed by atoms with E-state index in [-0.39, 0.29) is 17.1 Å². The summed E-state index contributed by atoms with van der Waals surface area (Å²) in [6, 6.07) is 8.21. The first-order chi connectivity index (χ1) is 9.60. The van der Waals surface area contributed by atoms with E-state index in [9.17, 15) is 14.0 Å². The third-order valence-corrected chi connectivity index (χ3v) is 2.52. The van der Waals surface area contributed by atoms with E-state index >= 15 is 0 Å². The van der Waals surface area contributed by atoms with Crippen molar-refractivity contribution in [3.8, 4) is 0 Å². The summed E-state index contributed by atoms with van der Waals surface area (Å²) in [6.45, 7) is 0. The highest BCUT2D eigenvalue weighted by Gasteiger charge is 2.10. The number of ether oxygens (including phenoxy) is 1. The monoisotopic (exact) mass is 274 g/mol. The number of pyridine rings is 1. The second-order valence-electron chi connectivity index (χ2n) is 3.88. The molecule has 2 rings (SSSR count). The van der Waals surface area contributed by atoms with Crippen LogP contribution in [-0.4, -0.2) is 24.0 Å². The fourth-order valence-corrected chi connectivity index (χ4v) is 1.50. The number of benzene rings is 1. The van der Waals surface area contributed by atoms with Crippen LogP contribution in [0.5, 0.6) is 0 Å². The third kappa shape index (κ3) is 3.17. The number of hydrogen-bond donors (Lipinski definition) is 1. The number of anilines is 1. The summed E-state index contributed by atoms with van der Waals surface area (Å²) in [7, 11) is 1.26. The number of nitrogens with one attached hydrogen (secondary N) is 1. The van der Waals surface area contributed by atoms with E-state index in [1.54, 1.807) is 0 Å². The fraction of sp³-hybridized carbons (Fsp3) is 0.0714. The van der Waals surface area contributed by atoms with Crippen LogP contribution < -0.4 is 5.32 Å². The van der Waals surface area contributed by atoms with Crippen molar-refractivity contribution in [1.29, 1.82) is 0 Å². The molecule has 6 heteroatoms. The Morgan fingerprint density at radius 2 is 1.85 bits per heavy atom. The van der Waals surface area contributed by atoms with Gasteiger partial charge in [-0.25, -0.2) is 9.18 Å². The molecule has 5 nitrogen and oxygen atoms in total. The molecule has 1 heterocycles. The van der Waals surface area contributed by atoms with Crippen molar-refractivity contribution in [2.45, 2.75) is 0 Å². The van der Waals surface area contributed by atoms with Crippen LogP contribution >= 0.6 is 0 Å². The van der Waals surface area contributed by atoms with Gasteiger partial charge in [-0.2, -0.15) is 0 Å². The Labute approximate surface area is 114 Å². The van der Waals surface area contributed by atoms with Crippen LogP contribution in [0, 0.1) is 5.82 Å². The molecule has 1 N–H and O–H groups in total. The van der Waals surface area contributed by atoms with E-state index < -0.39 is 11.9 Å². The van der Waals surface area contributed by atoms with E-state index in [0.29, 0.717) is 5.69 Å². The maximum atomic E-state index is 12.7. The van der Waals surface area contributed by atoms with Gasteiger partial charge in [-0.3, -0.25) is 9.78 Å². The van der Waals surface area contributed by atoms with Crippen molar-refractivity contribution in [3.05, 3.63) is 59.7 Å². The Kier molecular flexibility index (Phi) is 4.05. The molecule has 0 aliphatic rings. The summed E-state index contributed by atoms with van der Waals surface area (Å²) >= 11 is 0. The molecule has 0 spiro atoms. The van der Waals surface area contributed by atoms with Gasteiger partial charge < -0.3 is 10.1 Å². The van der Waals surface area contributed by atoms with E-state index in [4.69, 9.17) is 0 Å². The lowest BCUT2D eigenvalue weighted by atomic mass is 10.2. The van der Waals surface area contributed by atoms with Gasteiger partial charge in [-0.05, 0) is 36.4 Å². The lowest BCUT2D eigenvalue weighted by Gasteiger charge is -2.05. The smallest absolute Gasteiger partial charge is 0.339 e. The molecule has 102 valence electrons. The second kappa shape index (κ2) is 5.92. The molecule has 1 aromatic heterocycles. The van der Waals surface area contributed by atoms with Crippen molar-refractivity contribution in [2.75, 3.05) is 12.4 Å². The molecule has 1 amide bonds. The molecule has 0 fully saturated rings. The number of esters is 1. The molecule has 0 bridgehead atoms. The lowest BCUT2D eigenvalue weighted by molar-refractivity contribution is 0.0600. The van der Waals surface area contributed by atoms with Crippen LogP contribution in [0.1, 0.15) is 20.8 Å². The van der Waals surface area contributed by atoms with Crippen LogP contribution in [0.2, 0.25) is 0 Å². The molecule has 1 aromatic carbocycles. The molecular weight excluding hydrogens is 263 g/mol. The van der Waals surface area contributed by atoms with Crippen LogP contribution in [0.25, 0.3) is 0 Å². The zero-order chi connectivity index (χ0) is 14.5. The zero-order valence-electron chi connectivity index (χ0n) is 10.6. The maximum Gasteiger partial charge on any atom is 0.339 e. The predicted molar refractivity (Wildman–Crippen MR) is 69.9 cm³/mol. The minimum Gasteiger partial charge on any atom is -0.465 e. The zero-order valence-corrected chi connectivity index (χ0v) is 10.6. The average molecular weight is 274 g/mol. The van der Waals surface area contributed by atoms with Gasteiger partial charge >= 0.3 is 5.97 Å². The van der Waals surface area contributed by atoms with E-state index in [2.05, 4.69) is 15.0 Å². The third-order valence-electron chi connectivity index (χ3n) is 2.52. The van der Waals surface area contributed by atoms with Crippen molar-refractivity contribution >= 4 is 17.6 Å². The number of hydrogen-bond acceptors (Lipinski definition) is 4. The van der Waals surface area contributed by atoms with Gasteiger partial charge in [0.05, 0.1) is 12.7 Å². The molecule has 0 aliphatic heterocycles. The normalized spacial score (nSPS) is 9.90. The van der Waals surface area contributed by atoms with E-state index in [1.807, 2.05) is 0 Å². The predicted octanol–water partition coefficient (Wildman–Crippen LogP) is 2.26. The minimum atomic E-state index is -0.525. The lowest BCUT2D eigenvalue weighted by Crippen LogP contribution is -2.14. The Hall–Kier alpha value is -2.76. The first-order valence-electron chi connectivity index (χ1n) is 5.71.